The van der Waals surface area contributed by atoms with Gasteiger partial charge in [0.1, 0.15) is 0 Å². The lowest BCUT2D eigenvalue weighted by Crippen LogP contribution is -2.25. The molecule has 1 atom stereocenters. The van der Waals surface area contributed by atoms with E-state index in [-0.39, 0.29) is 6.79 Å². The smallest absolute Gasteiger partial charge is 0.231 e. The van der Waals surface area contributed by atoms with Crippen molar-refractivity contribution in [1.82, 2.24) is 5.32 Å². The van der Waals surface area contributed by atoms with E-state index in [1.807, 2.05) is 12.1 Å². The lowest BCUT2D eigenvalue weighted by Gasteiger charge is -2.15. The van der Waals surface area contributed by atoms with E-state index in [4.69, 9.17) is 14.2 Å². The summed E-state index contributed by atoms with van der Waals surface area (Å²) >= 11 is 0. The van der Waals surface area contributed by atoms with Crippen LogP contribution >= 0.6 is 0 Å². The van der Waals surface area contributed by atoms with Gasteiger partial charge in [-0.05, 0) is 37.0 Å². The van der Waals surface area contributed by atoms with Crippen molar-refractivity contribution in [2.45, 2.75) is 52.6 Å². The summed E-state index contributed by atoms with van der Waals surface area (Å²) in [7, 11) is 1.66. The minimum atomic E-state index is 0.272. The highest BCUT2D eigenvalue weighted by Gasteiger charge is 2.20. The second-order valence-electron chi connectivity index (χ2n) is 6.14. The van der Waals surface area contributed by atoms with Crippen LogP contribution < -0.4 is 19.5 Å². The van der Waals surface area contributed by atoms with E-state index < -0.39 is 0 Å². The quantitative estimate of drug-likeness (QED) is 0.793. The van der Waals surface area contributed by atoms with Crippen LogP contribution in [0.2, 0.25) is 0 Å². The molecule has 2 rings (SSSR count). The number of hydrogen-bond donors (Lipinski definition) is 1. The average molecular weight is 293 g/mol. The zero-order chi connectivity index (χ0) is 15.2. The van der Waals surface area contributed by atoms with E-state index >= 15 is 0 Å². The van der Waals surface area contributed by atoms with Crippen molar-refractivity contribution in [1.29, 1.82) is 0 Å². The third-order valence-corrected chi connectivity index (χ3v) is 3.79. The van der Waals surface area contributed by atoms with Crippen LogP contribution in [0.1, 0.15) is 45.6 Å². The number of ether oxygens (including phenoxy) is 3. The molecule has 0 saturated heterocycles. The van der Waals surface area contributed by atoms with Gasteiger partial charge in [0.05, 0.1) is 7.11 Å². The Hall–Kier alpha value is -1.42. The predicted molar refractivity (Wildman–Crippen MR) is 84.1 cm³/mol. The van der Waals surface area contributed by atoms with Gasteiger partial charge in [-0.15, -0.1) is 0 Å². The zero-order valence-corrected chi connectivity index (χ0v) is 13.6. The molecule has 0 saturated carbocycles. The molecule has 1 heterocycles. The standard InChI is InChI=1S/C17H27NO3/c1-12(2)6-5-7-13(3)18-10-14-8-15(19-4)17-16(9-14)20-11-21-17/h8-9,12-13,18H,5-7,10-11H2,1-4H3. The summed E-state index contributed by atoms with van der Waals surface area (Å²) in [5.74, 6) is 3.02. The van der Waals surface area contributed by atoms with Crippen molar-refractivity contribution >= 4 is 0 Å². The average Bonchev–Trinajstić information content (AvgIpc) is 2.92. The normalized spacial score (nSPS) is 14.5. The summed E-state index contributed by atoms with van der Waals surface area (Å²) < 4.78 is 16.2. The van der Waals surface area contributed by atoms with Gasteiger partial charge in [0.25, 0.3) is 0 Å². The van der Waals surface area contributed by atoms with Crippen LogP contribution in [0.15, 0.2) is 12.1 Å². The molecule has 118 valence electrons. The SMILES string of the molecule is COc1cc(CNC(C)CCCC(C)C)cc2c1OCO2. The van der Waals surface area contributed by atoms with Gasteiger partial charge in [-0.3, -0.25) is 0 Å². The number of hydrogen-bond acceptors (Lipinski definition) is 4. The molecule has 0 aliphatic carbocycles. The van der Waals surface area contributed by atoms with E-state index in [2.05, 4.69) is 26.1 Å². The first kappa shape index (κ1) is 16.0. The van der Waals surface area contributed by atoms with Gasteiger partial charge in [0, 0.05) is 12.6 Å². The summed E-state index contributed by atoms with van der Waals surface area (Å²) in [6, 6.07) is 4.56. The van der Waals surface area contributed by atoms with Crippen LogP contribution in [0, 0.1) is 5.92 Å². The molecule has 0 aromatic heterocycles. The fourth-order valence-corrected chi connectivity index (χ4v) is 2.51. The Kier molecular flexibility index (Phi) is 5.74. The summed E-state index contributed by atoms with van der Waals surface area (Å²) in [6.45, 7) is 7.88. The second kappa shape index (κ2) is 7.55. The van der Waals surface area contributed by atoms with E-state index in [0.717, 1.165) is 29.5 Å². The Bertz CT molecular complexity index is 460. The maximum Gasteiger partial charge on any atom is 0.231 e. The van der Waals surface area contributed by atoms with E-state index in [9.17, 15) is 0 Å². The molecule has 0 fully saturated rings. The van der Waals surface area contributed by atoms with E-state index in [0.29, 0.717) is 11.8 Å². The van der Waals surface area contributed by atoms with Crippen LogP contribution in [-0.4, -0.2) is 19.9 Å². The molecule has 0 bridgehead atoms. The van der Waals surface area contributed by atoms with Gasteiger partial charge in [0.15, 0.2) is 11.5 Å². The fourth-order valence-electron chi connectivity index (χ4n) is 2.51. The van der Waals surface area contributed by atoms with Gasteiger partial charge in [-0.25, -0.2) is 0 Å². The highest BCUT2D eigenvalue weighted by Crippen LogP contribution is 2.41. The van der Waals surface area contributed by atoms with Gasteiger partial charge < -0.3 is 19.5 Å². The Balaban J connectivity index is 1.86. The summed E-state index contributed by atoms with van der Waals surface area (Å²) in [4.78, 5) is 0. The first-order chi connectivity index (χ1) is 10.1. The molecule has 4 nitrogen and oxygen atoms in total. The highest BCUT2D eigenvalue weighted by atomic mass is 16.7. The molecule has 0 radical (unpaired) electrons. The number of nitrogens with one attached hydrogen (secondary N) is 1. The molecule has 1 unspecified atom stereocenters. The molecule has 1 aromatic carbocycles. The minimum Gasteiger partial charge on any atom is -0.493 e. The van der Waals surface area contributed by atoms with Crippen molar-refractivity contribution in [2.75, 3.05) is 13.9 Å². The van der Waals surface area contributed by atoms with Crippen molar-refractivity contribution in [3.63, 3.8) is 0 Å². The third kappa shape index (κ3) is 4.53. The fraction of sp³-hybridized carbons (Fsp3) is 0.647. The summed E-state index contributed by atoms with van der Waals surface area (Å²) in [5, 5.41) is 3.56. The monoisotopic (exact) mass is 293 g/mol. The zero-order valence-electron chi connectivity index (χ0n) is 13.6. The Morgan fingerprint density at radius 3 is 2.71 bits per heavy atom. The van der Waals surface area contributed by atoms with Crippen LogP contribution in [0.3, 0.4) is 0 Å². The van der Waals surface area contributed by atoms with Crippen molar-refractivity contribution in [2.24, 2.45) is 5.92 Å². The maximum atomic E-state index is 5.45. The van der Waals surface area contributed by atoms with Crippen molar-refractivity contribution in [3.05, 3.63) is 17.7 Å². The molecular weight excluding hydrogens is 266 g/mol. The molecule has 21 heavy (non-hydrogen) atoms. The number of methoxy groups -OCH3 is 1. The Morgan fingerprint density at radius 2 is 2.00 bits per heavy atom. The molecule has 1 N–H and O–H groups in total. The van der Waals surface area contributed by atoms with E-state index in [1.165, 1.54) is 19.3 Å². The number of benzene rings is 1. The second-order valence-corrected chi connectivity index (χ2v) is 6.14. The summed E-state index contributed by atoms with van der Waals surface area (Å²) in [5.41, 5.74) is 1.16. The molecule has 0 spiro atoms. The van der Waals surface area contributed by atoms with Crippen molar-refractivity contribution < 1.29 is 14.2 Å². The molecular formula is C17H27NO3. The first-order valence-electron chi connectivity index (χ1n) is 7.80. The van der Waals surface area contributed by atoms with Crippen LogP contribution in [0.5, 0.6) is 17.2 Å². The maximum absolute atomic E-state index is 5.45. The van der Waals surface area contributed by atoms with Crippen molar-refractivity contribution in [3.8, 4) is 17.2 Å². The van der Waals surface area contributed by atoms with Crippen LogP contribution in [0.25, 0.3) is 0 Å². The van der Waals surface area contributed by atoms with Crippen LogP contribution in [-0.2, 0) is 6.54 Å². The lowest BCUT2D eigenvalue weighted by atomic mass is 10.0. The molecule has 1 aliphatic rings. The van der Waals surface area contributed by atoms with Crippen LogP contribution in [0.4, 0.5) is 0 Å². The lowest BCUT2D eigenvalue weighted by molar-refractivity contribution is 0.171. The molecule has 1 aromatic rings. The minimum absolute atomic E-state index is 0.272. The first-order valence-corrected chi connectivity index (χ1v) is 7.80. The molecule has 0 amide bonds. The van der Waals surface area contributed by atoms with Gasteiger partial charge in [0.2, 0.25) is 12.5 Å². The third-order valence-electron chi connectivity index (χ3n) is 3.79. The summed E-state index contributed by atoms with van der Waals surface area (Å²) in [6.07, 6.45) is 3.78. The van der Waals surface area contributed by atoms with E-state index in [1.54, 1.807) is 7.11 Å². The number of fused-ring (bicyclic) bond motifs is 1. The Labute approximate surface area is 127 Å². The predicted octanol–water partition coefficient (Wildman–Crippen LogP) is 3.73. The van der Waals surface area contributed by atoms with Gasteiger partial charge >= 0.3 is 0 Å². The largest absolute Gasteiger partial charge is 0.493 e. The topological polar surface area (TPSA) is 39.7 Å². The molecule has 4 heteroatoms. The molecule has 1 aliphatic heterocycles. The van der Waals surface area contributed by atoms with Gasteiger partial charge in [-0.2, -0.15) is 0 Å². The Morgan fingerprint density at radius 1 is 1.19 bits per heavy atom. The highest BCUT2D eigenvalue weighted by molar-refractivity contribution is 5.55. The number of rotatable bonds is 8. The van der Waals surface area contributed by atoms with Gasteiger partial charge in [-0.1, -0.05) is 26.7 Å².